The molecule has 1 heterocycles. The molecule has 0 aliphatic carbocycles. The van der Waals surface area contributed by atoms with Gasteiger partial charge in [-0.25, -0.2) is 4.44 Å². The van der Waals surface area contributed by atoms with Crippen molar-refractivity contribution in [2.45, 2.75) is 0 Å². The van der Waals surface area contributed by atoms with Gasteiger partial charge in [-0.2, -0.15) is 0 Å². The van der Waals surface area contributed by atoms with E-state index in [1.165, 1.54) is 0 Å². The molecular weight excluding hydrogens is 163 g/mol. The summed E-state index contributed by atoms with van der Waals surface area (Å²) in [6.45, 7) is 0.154. The topological polar surface area (TPSA) is 47.5 Å². The summed E-state index contributed by atoms with van der Waals surface area (Å²) < 4.78 is 1.91. The Morgan fingerprint density at radius 1 is 1.38 bits per heavy atom. The summed E-state index contributed by atoms with van der Waals surface area (Å²) in [6, 6.07) is 0. The van der Waals surface area contributed by atoms with Gasteiger partial charge in [0.15, 0.2) is 0 Å². The van der Waals surface area contributed by atoms with E-state index >= 15 is 0 Å². The number of hydrogen-bond donors (Lipinski definition) is 3. The summed E-state index contributed by atoms with van der Waals surface area (Å²) in [5.74, 6) is 0. The second-order valence-corrected chi connectivity index (χ2v) is 5.39. The first-order valence-electron chi connectivity index (χ1n) is 2.08. The van der Waals surface area contributed by atoms with Gasteiger partial charge >= 0.3 is 0 Å². The summed E-state index contributed by atoms with van der Waals surface area (Å²) in [5.41, 5.74) is 0. The van der Waals surface area contributed by atoms with Crippen LogP contribution in [0.15, 0.2) is 0 Å². The van der Waals surface area contributed by atoms with Gasteiger partial charge in [-0.05, 0) is 0 Å². The molecule has 0 aromatic rings. The zero-order valence-corrected chi connectivity index (χ0v) is 7.10. The van der Waals surface area contributed by atoms with Crippen molar-refractivity contribution in [3.63, 3.8) is 0 Å². The minimum atomic E-state index is 0.154. The van der Waals surface area contributed by atoms with Crippen LogP contribution in [0.3, 0.4) is 0 Å². The molecule has 0 saturated carbocycles. The molecule has 1 fully saturated rings. The smallest absolute Gasteiger partial charge is 0.104 e. The van der Waals surface area contributed by atoms with Gasteiger partial charge in [0.1, 0.15) is 6.73 Å². The molecule has 3 N–H and O–H groups in total. The highest BCUT2D eigenvalue weighted by atomic mass is 31.2. The van der Waals surface area contributed by atoms with Gasteiger partial charge in [0.05, 0.1) is 0 Å². The van der Waals surface area contributed by atoms with E-state index in [1.807, 2.05) is 4.44 Å². The van der Waals surface area contributed by atoms with Crippen LogP contribution in [0.4, 0.5) is 0 Å². The molecule has 8 heavy (non-hydrogen) atoms. The van der Waals surface area contributed by atoms with Crippen molar-refractivity contribution in [3.8, 4) is 0 Å². The van der Waals surface area contributed by atoms with E-state index in [4.69, 9.17) is 5.11 Å². The van der Waals surface area contributed by atoms with Crippen LogP contribution in [-0.4, -0.2) is 16.3 Å². The van der Waals surface area contributed by atoms with E-state index < -0.39 is 0 Å². The molecule has 1 saturated heterocycles. The third kappa shape index (κ3) is 2.16. The molecule has 0 spiro atoms. The van der Waals surface area contributed by atoms with Crippen LogP contribution in [0.1, 0.15) is 0 Å². The Balaban J connectivity index is 2.13. The van der Waals surface area contributed by atoms with Gasteiger partial charge in [-0.1, -0.05) is 0 Å². The predicted molar refractivity (Wildman–Crippen MR) is 40.1 cm³/mol. The minimum Gasteiger partial charge on any atom is -0.380 e. The van der Waals surface area contributed by atoms with Crippen molar-refractivity contribution >= 4 is 26.6 Å². The molecule has 0 aromatic heterocycles. The van der Waals surface area contributed by atoms with Crippen LogP contribution >= 0.6 is 26.6 Å². The fourth-order valence-corrected chi connectivity index (χ4v) is 4.03. The molecule has 0 bridgehead atoms. The lowest BCUT2D eigenvalue weighted by atomic mass is 11.4. The average Bonchev–Trinajstić information content (AvgIpc) is 1.90. The molecule has 2 atom stereocenters. The Morgan fingerprint density at radius 2 is 2.00 bits per heavy atom. The number of nitrogens with one attached hydrogen (secondary N) is 2. The van der Waals surface area contributed by atoms with E-state index in [1.54, 1.807) is 0 Å². The Morgan fingerprint density at radius 3 is 2.38 bits per heavy atom. The first-order valence-corrected chi connectivity index (χ1v) is 4.97. The standard InChI is InChI=1S/CH8N3OP3/c5-1-4-7-2-6-3-8-4/h2-3,5-8H,1H2. The SMILES string of the molecule is OCN1PNPNP1. The maximum absolute atomic E-state index is 8.55. The number of aliphatic hydroxyl groups excluding tert-OH is 1. The molecule has 4 nitrogen and oxygen atoms in total. The lowest BCUT2D eigenvalue weighted by Crippen LogP contribution is -2.16. The van der Waals surface area contributed by atoms with Crippen LogP contribution in [0.25, 0.3) is 0 Å². The molecule has 1 aliphatic rings. The van der Waals surface area contributed by atoms with E-state index in [9.17, 15) is 0 Å². The van der Waals surface area contributed by atoms with Gasteiger partial charge in [-0.15, -0.1) is 0 Å². The Hall–Kier alpha value is 1.13. The van der Waals surface area contributed by atoms with E-state index in [0.29, 0.717) is 26.6 Å². The molecule has 0 radical (unpaired) electrons. The van der Waals surface area contributed by atoms with Gasteiger partial charge in [0, 0.05) is 26.6 Å². The number of rotatable bonds is 1. The Bertz CT molecular complexity index is 65.5. The van der Waals surface area contributed by atoms with Gasteiger partial charge in [-0.3, -0.25) is 9.72 Å². The van der Waals surface area contributed by atoms with Gasteiger partial charge < -0.3 is 5.11 Å². The van der Waals surface area contributed by atoms with Crippen LogP contribution < -0.4 is 9.72 Å². The first kappa shape index (κ1) is 7.24. The first-order chi connectivity index (χ1) is 3.93. The third-order valence-corrected chi connectivity index (χ3v) is 4.04. The van der Waals surface area contributed by atoms with Crippen molar-refractivity contribution in [3.05, 3.63) is 0 Å². The lowest BCUT2D eigenvalue weighted by Gasteiger charge is -2.24. The fourth-order valence-electron chi connectivity index (χ4n) is 0.321. The summed E-state index contributed by atoms with van der Waals surface area (Å²) in [6.07, 6.45) is 0. The summed E-state index contributed by atoms with van der Waals surface area (Å²) in [7, 11) is 1.84. The van der Waals surface area contributed by atoms with Gasteiger partial charge in [0.25, 0.3) is 0 Å². The van der Waals surface area contributed by atoms with Crippen LogP contribution in [-0.2, 0) is 0 Å². The monoisotopic (exact) mass is 171 g/mol. The minimum absolute atomic E-state index is 0.154. The van der Waals surface area contributed by atoms with E-state index in [-0.39, 0.29) is 6.73 Å². The number of nitrogens with zero attached hydrogens (tertiary/aromatic N) is 1. The highest BCUT2D eigenvalue weighted by Crippen LogP contribution is 2.35. The summed E-state index contributed by atoms with van der Waals surface area (Å²) in [5, 5.41) is 8.55. The quantitative estimate of drug-likeness (QED) is 0.484. The summed E-state index contributed by atoms with van der Waals surface area (Å²) in [4.78, 5) is 6.21. The number of hydrogen-bond acceptors (Lipinski definition) is 4. The van der Waals surface area contributed by atoms with Crippen molar-refractivity contribution in [2.24, 2.45) is 0 Å². The number of aliphatic hydroxyl groups is 1. The molecule has 0 aromatic carbocycles. The van der Waals surface area contributed by atoms with Gasteiger partial charge in [0.2, 0.25) is 0 Å². The second kappa shape index (κ2) is 4.03. The summed E-state index contributed by atoms with van der Waals surface area (Å²) >= 11 is 0. The molecule has 2 unspecified atom stereocenters. The van der Waals surface area contributed by atoms with Crippen molar-refractivity contribution in [1.82, 2.24) is 14.2 Å². The third-order valence-electron chi connectivity index (χ3n) is 0.648. The van der Waals surface area contributed by atoms with Crippen LogP contribution in [0.5, 0.6) is 0 Å². The Kier molecular flexibility index (Phi) is 3.64. The fraction of sp³-hybridized carbons (Fsp3) is 1.00. The van der Waals surface area contributed by atoms with E-state index in [2.05, 4.69) is 9.72 Å². The predicted octanol–water partition coefficient (Wildman–Crippen LogP) is -0.0435. The highest BCUT2D eigenvalue weighted by molar-refractivity contribution is 7.65. The Labute approximate surface area is 53.5 Å². The average molecular weight is 171 g/mol. The molecular formula is CH8N3OP3. The largest absolute Gasteiger partial charge is 0.380 e. The van der Waals surface area contributed by atoms with Crippen molar-refractivity contribution in [2.75, 3.05) is 6.73 Å². The maximum atomic E-state index is 8.55. The normalized spacial score (nSPS) is 32.6. The molecule has 0 amide bonds. The molecule has 1 aliphatic heterocycles. The lowest BCUT2D eigenvalue weighted by molar-refractivity contribution is 0.243. The molecule has 7 heteroatoms. The van der Waals surface area contributed by atoms with Crippen molar-refractivity contribution in [1.29, 1.82) is 0 Å². The van der Waals surface area contributed by atoms with E-state index in [0.717, 1.165) is 0 Å². The zero-order chi connectivity index (χ0) is 5.82. The highest BCUT2D eigenvalue weighted by Gasteiger charge is 2.05. The van der Waals surface area contributed by atoms with Crippen LogP contribution in [0, 0.1) is 0 Å². The molecule has 1 rings (SSSR count). The zero-order valence-electron chi connectivity index (χ0n) is 4.10. The molecule has 48 valence electrons. The van der Waals surface area contributed by atoms with Crippen LogP contribution in [0.2, 0.25) is 0 Å². The second-order valence-electron chi connectivity index (χ2n) is 1.17. The van der Waals surface area contributed by atoms with Crippen molar-refractivity contribution < 1.29 is 5.11 Å². The maximum Gasteiger partial charge on any atom is 0.104 e.